The summed E-state index contributed by atoms with van der Waals surface area (Å²) in [5, 5.41) is 3.03. The molecule has 0 atom stereocenters. The fraction of sp³-hybridized carbons (Fsp3) is 0.846. The number of likely N-dealkylation sites (tertiary alicyclic amines) is 2. The first-order chi connectivity index (χ1) is 9.06. The molecule has 6 heteroatoms. The molecular weight excluding hydrogens is 246 g/mol. The Balaban J connectivity index is 1.69. The second-order valence-electron chi connectivity index (χ2n) is 5.48. The van der Waals surface area contributed by atoms with Gasteiger partial charge in [-0.2, -0.15) is 0 Å². The van der Waals surface area contributed by atoms with Crippen LogP contribution in [0.2, 0.25) is 0 Å². The molecule has 3 amide bonds. The number of piperidine rings is 1. The van der Waals surface area contributed by atoms with Gasteiger partial charge in [0.05, 0.1) is 6.10 Å². The summed E-state index contributed by atoms with van der Waals surface area (Å²) in [4.78, 5) is 27.0. The van der Waals surface area contributed by atoms with Crippen LogP contribution in [-0.2, 0) is 4.74 Å². The third kappa shape index (κ3) is 3.75. The summed E-state index contributed by atoms with van der Waals surface area (Å²) in [6.07, 6.45) is 2.37. The highest BCUT2D eigenvalue weighted by Gasteiger charge is 2.27. The van der Waals surface area contributed by atoms with Gasteiger partial charge in [-0.3, -0.25) is 0 Å². The fourth-order valence-electron chi connectivity index (χ4n) is 2.27. The van der Waals surface area contributed by atoms with Crippen LogP contribution in [0, 0.1) is 0 Å². The Hall–Kier alpha value is -1.46. The average molecular weight is 269 g/mol. The fourth-order valence-corrected chi connectivity index (χ4v) is 2.27. The van der Waals surface area contributed by atoms with Crippen molar-refractivity contribution >= 4 is 12.1 Å². The predicted molar refractivity (Wildman–Crippen MR) is 70.9 cm³/mol. The topological polar surface area (TPSA) is 61.9 Å². The van der Waals surface area contributed by atoms with E-state index < -0.39 is 0 Å². The van der Waals surface area contributed by atoms with Crippen molar-refractivity contribution in [2.24, 2.45) is 0 Å². The molecule has 0 aromatic carbocycles. The zero-order chi connectivity index (χ0) is 13.8. The molecule has 6 nitrogen and oxygen atoms in total. The molecule has 0 bridgehead atoms. The van der Waals surface area contributed by atoms with Gasteiger partial charge < -0.3 is 19.9 Å². The lowest BCUT2D eigenvalue weighted by molar-refractivity contribution is 0.0678. The third-order valence-electron chi connectivity index (χ3n) is 3.56. The third-order valence-corrected chi connectivity index (χ3v) is 3.56. The first-order valence-corrected chi connectivity index (χ1v) is 7.07. The number of nitrogens with zero attached hydrogens (tertiary/aromatic N) is 2. The average Bonchev–Trinajstić information content (AvgIpc) is 2.26. The summed E-state index contributed by atoms with van der Waals surface area (Å²) in [6.45, 7) is 6.72. The van der Waals surface area contributed by atoms with E-state index in [9.17, 15) is 9.59 Å². The smallest absolute Gasteiger partial charge is 0.410 e. The molecule has 108 valence electrons. The molecule has 2 aliphatic rings. The minimum absolute atomic E-state index is 0.0365. The molecule has 0 aromatic heterocycles. The van der Waals surface area contributed by atoms with Gasteiger partial charge in [0.15, 0.2) is 0 Å². The zero-order valence-electron chi connectivity index (χ0n) is 11.7. The Morgan fingerprint density at radius 1 is 1.11 bits per heavy atom. The highest BCUT2D eigenvalue weighted by atomic mass is 16.6. The second kappa shape index (κ2) is 6.12. The number of hydrogen-bond donors (Lipinski definition) is 1. The summed E-state index contributed by atoms with van der Waals surface area (Å²) in [5.41, 5.74) is 0. The van der Waals surface area contributed by atoms with E-state index in [0.29, 0.717) is 13.1 Å². The van der Waals surface area contributed by atoms with Gasteiger partial charge in [-0.1, -0.05) is 0 Å². The largest absolute Gasteiger partial charge is 0.447 e. The van der Waals surface area contributed by atoms with E-state index in [-0.39, 0.29) is 24.3 Å². The summed E-state index contributed by atoms with van der Waals surface area (Å²) in [5.74, 6) is 0. The first-order valence-electron chi connectivity index (χ1n) is 7.07. The molecule has 1 N–H and O–H groups in total. The minimum atomic E-state index is -0.248. The van der Waals surface area contributed by atoms with Crippen LogP contribution < -0.4 is 5.32 Å². The van der Waals surface area contributed by atoms with E-state index in [1.165, 1.54) is 0 Å². The van der Waals surface area contributed by atoms with Crippen molar-refractivity contribution in [2.75, 3.05) is 26.2 Å². The number of rotatable bonds is 2. The van der Waals surface area contributed by atoms with Crippen molar-refractivity contribution in [3.05, 3.63) is 0 Å². The van der Waals surface area contributed by atoms with Crippen LogP contribution in [0.4, 0.5) is 9.59 Å². The van der Waals surface area contributed by atoms with Crippen molar-refractivity contribution < 1.29 is 14.3 Å². The Morgan fingerprint density at radius 3 is 2.21 bits per heavy atom. The molecule has 0 spiro atoms. The summed E-state index contributed by atoms with van der Waals surface area (Å²) >= 11 is 0. The molecule has 19 heavy (non-hydrogen) atoms. The normalized spacial score (nSPS) is 20.2. The van der Waals surface area contributed by atoms with Crippen LogP contribution >= 0.6 is 0 Å². The summed E-state index contributed by atoms with van der Waals surface area (Å²) in [7, 11) is 0. The van der Waals surface area contributed by atoms with Crippen LogP contribution in [0.5, 0.6) is 0 Å². The van der Waals surface area contributed by atoms with Crippen molar-refractivity contribution in [2.45, 2.75) is 45.3 Å². The highest BCUT2D eigenvalue weighted by Crippen LogP contribution is 2.13. The van der Waals surface area contributed by atoms with Crippen molar-refractivity contribution in [3.63, 3.8) is 0 Å². The van der Waals surface area contributed by atoms with E-state index in [1.54, 1.807) is 4.90 Å². The van der Waals surface area contributed by atoms with Gasteiger partial charge in [0, 0.05) is 32.2 Å². The lowest BCUT2D eigenvalue weighted by atomic mass is 10.1. The molecule has 0 aromatic rings. The maximum Gasteiger partial charge on any atom is 0.410 e. The summed E-state index contributed by atoms with van der Waals surface area (Å²) < 4.78 is 5.16. The van der Waals surface area contributed by atoms with Gasteiger partial charge in [-0.25, -0.2) is 9.59 Å². The monoisotopic (exact) mass is 269 g/mol. The molecule has 2 heterocycles. The maximum absolute atomic E-state index is 11.8. The van der Waals surface area contributed by atoms with E-state index in [2.05, 4.69) is 5.32 Å². The zero-order valence-corrected chi connectivity index (χ0v) is 11.7. The van der Waals surface area contributed by atoms with Gasteiger partial charge >= 0.3 is 12.1 Å². The number of nitrogens with one attached hydrogen (secondary N) is 1. The van der Waals surface area contributed by atoms with Gasteiger partial charge in [-0.15, -0.1) is 0 Å². The molecule has 0 unspecified atom stereocenters. The number of carbonyl (C=O) groups excluding carboxylic acids is 2. The van der Waals surface area contributed by atoms with E-state index in [0.717, 1.165) is 32.4 Å². The standard InChI is InChI=1S/C13H23N3O3/c1-10(2)19-13(18)16-8-4-11(5-9-16)14-12(17)15-6-3-7-15/h10-11H,3-9H2,1-2H3,(H,14,17). The molecule has 2 rings (SSSR count). The molecule has 2 aliphatic heterocycles. The van der Waals surface area contributed by atoms with Crippen LogP contribution in [-0.4, -0.2) is 60.2 Å². The SMILES string of the molecule is CC(C)OC(=O)N1CCC(NC(=O)N2CCC2)CC1. The Bertz CT molecular complexity index is 334. The number of amides is 3. The van der Waals surface area contributed by atoms with Crippen molar-refractivity contribution in [3.8, 4) is 0 Å². The maximum atomic E-state index is 11.8. The number of urea groups is 1. The molecule has 0 aliphatic carbocycles. The number of hydrogen-bond acceptors (Lipinski definition) is 3. The van der Waals surface area contributed by atoms with Gasteiger partial charge in [0.2, 0.25) is 0 Å². The van der Waals surface area contributed by atoms with Crippen LogP contribution in [0.25, 0.3) is 0 Å². The number of ether oxygens (including phenoxy) is 1. The first kappa shape index (κ1) is 14.0. The van der Waals surface area contributed by atoms with Crippen LogP contribution in [0.1, 0.15) is 33.1 Å². The lowest BCUT2D eigenvalue weighted by Gasteiger charge is -2.36. The van der Waals surface area contributed by atoms with E-state index in [4.69, 9.17) is 4.74 Å². The Kier molecular flexibility index (Phi) is 4.50. The van der Waals surface area contributed by atoms with Gasteiger partial charge in [0.25, 0.3) is 0 Å². The Labute approximate surface area is 114 Å². The highest BCUT2D eigenvalue weighted by molar-refractivity contribution is 5.75. The quantitative estimate of drug-likeness (QED) is 0.824. The van der Waals surface area contributed by atoms with Crippen molar-refractivity contribution in [1.29, 1.82) is 0 Å². The molecule has 2 fully saturated rings. The van der Waals surface area contributed by atoms with Crippen LogP contribution in [0.3, 0.4) is 0 Å². The van der Waals surface area contributed by atoms with E-state index >= 15 is 0 Å². The predicted octanol–water partition coefficient (Wildman–Crippen LogP) is 1.41. The van der Waals surface area contributed by atoms with E-state index in [1.807, 2.05) is 18.7 Å². The minimum Gasteiger partial charge on any atom is -0.447 e. The van der Waals surface area contributed by atoms with Crippen LogP contribution in [0.15, 0.2) is 0 Å². The Morgan fingerprint density at radius 2 is 1.74 bits per heavy atom. The van der Waals surface area contributed by atoms with Gasteiger partial charge in [0.1, 0.15) is 0 Å². The second-order valence-corrected chi connectivity index (χ2v) is 5.48. The molecule has 2 saturated heterocycles. The van der Waals surface area contributed by atoms with Gasteiger partial charge in [-0.05, 0) is 33.1 Å². The lowest BCUT2D eigenvalue weighted by Crippen LogP contribution is -2.53. The molecule has 0 radical (unpaired) electrons. The number of carbonyl (C=O) groups is 2. The summed E-state index contributed by atoms with van der Waals surface area (Å²) in [6, 6.07) is 0.214. The molecular formula is C13H23N3O3. The molecule has 0 saturated carbocycles. The van der Waals surface area contributed by atoms with Crippen molar-refractivity contribution in [1.82, 2.24) is 15.1 Å².